The van der Waals surface area contributed by atoms with Crippen LogP contribution < -0.4 is 15.1 Å². The smallest absolute Gasteiger partial charge is 0.453 e. The molecule has 2 saturated heterocycles. The Hall–Kier alpha value is -5.67. The quantitative estimate of drug-likeness (QED) is 0.120. The number of tetrazole rings is 1. The van der Waals surface area contributed by atoms with Gasteiger partial charge in [-0.2, -0.15) is 17.9 Å². The SMILES string of the molecule is COc1ccc(-n2nnnc2C(F)(F)F)cc1CN1C[C@@H]2CN(C(=O)[C@H](C)O[Si](c3ccccc3)(c3ccccc3)C(C)(C)C)CCN2[C@H](C(c2ccccc2)c2ccccc2)C1. The van der Waals surface area contributed by atoms with E-state index in [-0.39, 0.29) is 34.6 Å². The van der Waals surface area contributed by atoms with Crippen molar-refractivity contribution < 1.29 is 27.1 Å². The van der Waals surface area contributed by atoms with Gasteiger partial charge in [0.05, 0.1) is 12.8 Å². The van der Waals surface area contributed by atoms with Crippen LogP contribution in [0.2, 0.25) is 5.04 Å². The number of fused-ring (bicyclic) bond motifs is 1. The minimum atomic E-state index is -4.75. The molecule has 0 unspecified atom stereocenters. The van der Waals surface area contributed by atoms with Gasteiger partial charge in [-0.25, -0.2) is 0 Å². The van der Waals surface area contributed by atoms with Crippen LogP contribution in [0.3, 0.4) is 0 Å². The molecule has 8 rings (SSSR count). The maximum Gasteiger partial charge on any atom is 0.453 e. The van der Waals surface area contributed by atoms with E-state index in [4.69, 9.17) is 9.16 Å². The average Bonchev–Trinajstić information content (AvgIpc) is 3.80. The molecule has 0 aliphatic carbocycles. The summed E-state index contributed by atoms with van der Waals surface area (Å²) in [6.07, 6.45) is -5.47. The molecule has 6 aromatic rings. The Bertz CT molecular complexity index is 2370. The number of halogens is 3. The molecular weight excluding hydrogens is 820 g/mol. The fourth-order valence-corrected chi connectivity index (χ4v) is 14.5. The van der Waals surface area contributed by atoms with Crippen LogP contribution in [0.5, 0.6) is 5.75 Å². The van der Waals surface area contributed by atoms with Crippen molar-refractivity contribution in [1.82, 2.24) is 34.9 Å². The largest absolute Gasteiger partial charge is 0.496 e. The minimum absolute atomic E-state index is 0.0119. The maximum absolute atomic E-state index is 14.9. The molecule has 3 atom stereocenters. The lowest BCUT2D eigenvalue weighted by atomic mass is 9.81. The second-order valence-electron chi connectivity index (χ2n) is 17.6. The van der Waals surface area contributed by atoms with Gasteiger partial charge in [0.25, 0.3) is 14.1 Å². The van der Waals surface area contributed by atoms with Gasteiger partial charge in [0.2, 0.25) is 5.91 Å². The zero-order chi connectivity index (χ0) is 44.4. The van der Waals surface area contributed by atoms with Gasteiger partial charge < -0.3 is 14.1 Å². The van der Waals surface area contributed by atoms with E-state index in [0.29, 0.717) is 55.3 Å². The molecular formula is C49H54F3N7O3Si. The molecule has 1 aromatic heterocycles. The summed E-state index contributed by atoms with van der Waals surface area (Å²) >= 11 is 0. The topological polar surface area (TPSA) is 88.8 Å². The van der Waals surface area contributed by atoms with Gasteiger partial charge in [-0.3, -0.25) is 14.6 Å². The molecule has 2 fully saturated rings. The summed E-state index contributed by atoms with van der Waals surface area (Å²) in [4.78, 5) is 21.8. The number of nitrogens with zero attached hydrogens (tertiary/aromatic N) is 7. The molecule has 2 aliphatic heterocycles. The van der Waals surface area contributed by atoms with Crippen molar-refractivity contribution in [2.75, 3.05) is 39.8 Å². The highest BCUT2D eigenvalue weighted by Crippen LogP contribution is 2.40. The number of amides is 1. The van der Waals surface area contributed by atoms with E-state index in [1.807, 2.05) is 60.4 Å². The van der Waals surface area contributed by atoms with E-state index in [2.05, 4.69) is 119 Å². The molecule has 0 N–H and O–H groups in total. The zero-order valence-electron chi connectivity index (χ0n) is 36.3. The fraction of sp³-hybridized carbons (Fsp3) is 0.347. The van der Waals surface area contributed by atoms with E-state index in [0.717, 1.165) is 10.4 Å². The van der Waals surface area contributed by atoms with Crippen LogP contribution in [0.4, 0.5) is 13.2 Å². The Kier molecular flexibility index (Phi) is 12.7. The van der Waals surface area contributed by atoms with Crippen molar-refractivity contribution in [1.29, 1.82) is 0 Å². The average molecular weight is 874 g/mol. The van der Waals surface area contributed by atoms with Gasteiger partial charge in [0.1, 0.15) is 11.9 Å². The minimum Gasteiger partial charge on any atom is -0.496 e. The number of alkyl halides is 3. The van der Waals surface area contributed by atoms with E-state index < -0.39 is 26.4 Å². The molecule has 14 heteroatoms. The summed E-state index contributed by atoms with van der Waals surface area (Å²) in [7, 11) is -1.48. The number of piperazine rings is 2. The molecule has 328 valence electrons. The highest BCUT2D eigenvalue weighted by molar-refractivity contribution is 6.99. The summed E-state index contributed by atoms with van der Waals surface area (Å²) in [6, 6.07) is 46.5. The molecule has 3 heterocycles. The third kappa shape index (κ3) is 8.95. The third-order valence-electron chi connectivity index (χ3n) is 12.6. The van der Waals surface area contributed by atoms with Crippen LogP contribution in [0.25, 0.3) is 5.69 Å². The molecule has 63 heavy (non-hydrogen) atoms. The van der Waals surface area contributed by atoms with Crippen LogP contribution in [0.15, 0.2) is 140 Å². The summed E-state index contributed by atoms with van der Waals surface area (Å²) in [5.74, 6) is -0.728. The van der Waals surface area contributed by atoms with Crippen molar-refractivity contribution in [2.24, 2.45) is 0 Å². The van der Waals surface area contributed by atoms with Crippen molar-refractivity contribution >= 4 is 24.6 Å². The maximum atomic E-state index is 14.9. The molecule has 0 bridgehead atoms. The highest BCUT2D eigenvalue weighted by atomic mass is 28.4. The lowest BCUT2D eigenvalue weighted by molar-refractivity contribution is -0.146. The first kappa shape index (κ1) is 44.0. The molecule has 2 aliphatic rings. The van der Waals surface area contributed by atoms with Crippen LogP contribution in [-0.4, -0.2) is 107 Å². The fourth-order valence-electron chi connectivity index (χ4n) is 9.86. The lowest BCUT2D eigenvalue weighted by Crippen LogP contribution is -2.70. The monoisotopic (exact) mass is 873 g/mol. The van der Waals surface area contributed by atoms with Gasteiger partial charge in [0.15, 0.2) is 0 Å². The molecule has 0 spiro atoms. The molecule has 1 amide bonds. The zero-order valence-corrected chi connectivity index (χ0v) is 37.3. The predicted octanol–water partition coefficient (Wildman–Crippen LogP) is 7.18. The Morgan fingerprint density at radius 2 is 1.35 bits per heavy atom. The number of aromatic nitrogens is 4. The highest BCUT2D eigenvalue weighted by Gasteiger charge is 2.52. The van der Waals surface area contributed by atoms with E-state index >= 15 is 0 Å². The second kappa shape index (κ2) is 18.2. The Morgan fingerprint density at radius 3 is 1.89 bits per heavy atom. The Labute approximate surface area is 368 Å². The summed E-state index contributed by atoms with van der Waals surface area (Å²) in [5.41, 5.74) is 3.23. The van der Waals surface area contributed by atoms with E-state index in [1.165, 1.54) is 17.2 Å². The first-order valence-corrected chi connectivity index (χ1v) is 23.4. The number of hydrogen-bond acceptors (Lipinski definition) is 8. The Morgan fingerprint density at radius 1 is 0.778 bits per heavy atom. The molecule has 0 radical (unpaired) electrons. The van der Waals surface area contributed by atoms with Gasteiger partial charge in [-0.15, -0.1) is 5.10 Å². The van der Waals surface area contributed by atoms with Crippen LogP contribution >= 0.6 is 0 Å². The number of benzene rings is 5. The lowest BCUT2D eigenvalue weighted by Gasteiger charge is -2.54. The summed E-state index contributed by atoms with van der Waals surface area (Å²) in [5, 5.41) is 12.2. The van der Waals surface area contributed by atoms with Crippen molar-refractivity contribution in [3.63, 3.8) is 0 Å². The van der Waals surface area contributed by atoms with Gasteiger partial charge in [-0.05, 0) is 62.1 Å². The van der Waals surface area contributed by atoms with Crippen molar-refractivity contribution in [2.45, 2.75) is 69.6 Å². The Balaban J connectivity index is 1.13. The molecule has 10 nitrogen and oxygen atoms in total. The van der Waals surface area contributed by atoms with Gasteiger partial charge >= 0.3 is 6.18 Å². The van der Waals surface area contributed by atoms with Gasteiger partial charge in [-0.1, -0.05) is 142 Å². The standard InChI is InChI=1S/C49H54F3N7O3Si/c1-35(62-63(48(2,3)4,41-22-14-8-15-23-41)42-24-16-9-17-25-42)46(60)57-28-29-58-40(33-57)32-56(34-43(58)45(36-18-10-6-11-19-36)37-20-12-7-13-21-37)31-38-30-39(26-27-44(38)61-5)59-47(49(50,51)52)53-54-55-59/h6-27,30,35,40,43,45H,28-29,31-34H2,1-5H3/t35-,40+,43-/m0/s1. The number of carbonyl (C=O) groups is 1. The van der Waals surface area contributed by atoms with Crippen molar-refractivity contribution in [3.8, 4) is 11.4 Å². The van der Waals surface area contributed by atoms with Crippen molar-refractivity contribution in [3.05, 3.63) is 162 Å². The van der Waals surface area contributed by atoms with Crippen LogP contribution in [0.1, 0.15) is 56.1 Å². The van der Waals surface area contributed by atoms with Crippen LogP contribution in [0, 0.1) is 0 Å². The third-order valence-corrected chi connectivity index (χ3v) is 17.7. The number of methoxy groups -OCH3 is 1. The predicted molar refractivity (Wildman–Crippen MR) is 240 cm³/mol. The normalized spacial score (nSPS) is 18.3. The van der Waals surface area contributed by atoms with Crippen LogP contribution in [-0.2, 0) is 21.9 Å². The number of hydrogen-bond donors (Lipinski definition) is 0. The summed E-state index contributed by atoms with van der Waals surface area (Å²) < 4.78 is 55.6. The number of carbonyl (C=O) groups excluding carboxylic acids is 1. The summed E-state index contributed by atoms with van der Waals surface area (Å²) in [6.45, 7) is 11.9. The van der Waals surface area contributed by atoms with Gasteiger partial charge in [0, 0.05) is 62.8 Å². The van der Waals surface area contributed by atoms with E-state index in [1.54, 1.807) is 19.2 Å². The number of ether oxygens (including phenoxy) is 1. The number of rotatable bonds is 12. The first-order valence-electron chi connectivity index (χ1n) is 21.5. The second-order valence-corrected chi connectivity index (χ2v) is 21.8. The van der Waals surface area contributed by atoms with E-state index in [9.17, 15) is 18.0 Å². The first-order chi connectivity index (χ1) is 30.3. The molecule has 5 aromatic carbocycles. The molecule has 0 saturated carbocycles.